The molecule has 0 spiro atoms. The first-order valence-corrected chi connectivity index (χ1v) is 17.4. The summed E-state index contributed by atoms with van der Waals surface area (Å²) in [7, 11) is 0. The molecule has 1 atom stereocenters. The molecule has 5 nitrogen and oxygen atoms in total. The van der Waals surface area contributed by atoms with Crippen molar-refractivity contribution < 1.29 is 9.59 Å². The minimum absolute atomic E-state index is 0.116. The number of nitrogens with zero attached hydrogens (tertiary/aromatic N) is 2. The van der Waals surface area contributed by atoms with Crippen molar-refractivity contribution in [1.29, 1.82) is 0 Å². The van der Waals surface area contributed by atoms with Crippen LogP contribution >= 0.6 is 11.8 Å². The third-order valence-corrected chi connectivity index (χ3v) is 9.55. The number of aromatic nitrogens is 1. The molecule has 3 aromatic carbocycles. The lowest BCUT2D eigenvalue weighted by Gasteiger charge is -2.19. The van der Waals surface area contributed by atoms with Gasteiger partial charge in [0.15, 0.2) is 5.78 Å². The Morgan fingerprint density at radius 3 is 2.39 bits per heavy atom. The summed E-state index contributed by atoms with van der Waals surface area (Å²) >= 11 is 1.70. The number of Topliss-reactive ketones (excluding diaryl/α,β-unsaturated/α-hetero) is 1. The van der Waals surface area contributed by atoms with Crippen LogP contribution in [0.2, 0.25) is 0 Å². The molecule has 2 heterocycles. The molecule has 1 saturated heterocycles. The van der Waals surface area contributed by atoms with Crippen molar-refractivity contribution in [3.05, 3.63) is 102 Å². The van der Waals surface area contributed by atoms with Gasteiger partial charge in [0.25, 0.3) is 5.91 Å². The normalized spacial score (nSPS) is 14.1. The summed E-state index contributed by atoms with van der Waals surface area (Å²) in [4.78, 5) is 35.2. The second-order valence-electron chi connectivity index (χ2n) is 11.9. The summed E-state index contributed by atoms with van der Waals surface area (Å²) in [5, 5.41) is 4.02. The first kappa shape index (κ1) is 31.9. The van der Waals surface area contributed by atoms with Gasteiger partial charge in [-0.15, -0.1) is 0 Å². The molecule has 4 aromatic rings. The Labute approximate surface area is 266 Å². The molecule has 5 rings (SSSR count). The van der Waals surface area contributed by atoms with Gasteiger partial charge in [-0.2, -0.15) is 11.8 Å². The minimum atomic E-state index is -0.547. The van der Waals surface area contributed by atoms with E-state index in [2.05, 4.69) is 41.4 Å². The van der Waals surface area contributed by atoms with Crippen molar-refractivity contribution in [2.24, 2.45) is 0 Å². The lowest BCUT2D eigenvalue weighted by Crippen LogP contribution is -2.42. The molecular weight excluding hydrogens is 563 g/mol. The number of pyridine rings is 1. The largest absolute Gasteiger partial charge is 0.341 e. The highest BCUT2D eigenvalue weighted by Gasteiger charge is 2.23. The van der Waals surface area contributed by atoms with Gasteiger partial charge in [0.1, 0.15) is 0 Å². The quantitative estimate of drug-likeness (QED) is 0.130. The number of ketones is 1. The van der Waals surface area contributed by atoms with E-state index >= 15 is 0 Å². The van der Waals surface area contributed by atoms with Crippen LogP contribution in [0.25, 0.3) is 22.2 Å². The fourth-order valence-electron chi connectivity index (χ4n) is 5.89. The summed E-state index contributed by atoms with van der Waals surface area (Å²) in [5.74, 6) is 1.25. The summed E-state index contributed by atoms with van der Waals surface area (Å²) in [5.41, 5.74) is 5.50. The number of hydrogen-bond donors (Lipinski definition) is 1. The molecule has 1 aromatic heterocycles. The van der Waals surface area contributed by atoms with E-state index in [1.807, 2.05) is 60.7 Å². The first-order valence-electron chi connectivity index (χ1n) is 16.3. The van der Waals surface area contributed by atoms with Gasteiger partial charge < -0.3 is 10.2 Å². The monoisotopic (exact) mass is 607 g/mol. The average molecular weight is 608 g/mol. The van der Waals surface area contributed by atoms with Gasteiger partial charge in [0, 0.05) is 28.9 Å². The second-order valence-corrected chi connectivity index (χ2v) is 12.9. The minimum Gasteiger partial charge on any atom is -0.341 e. The second kappa shape index (κ2) is 16.6. The number of amides is 1. The predicted octanol–water partition coefficient (Wildman–Crippen LogP) is 8.11. The van der Waals surface area contributed by atoms with Crippen LogP contribution in [0.1, 0.15) is 73.4 Å². The third-order valence-electron chi connectivity index (χ3n) is 8.44. The van der Waals surface area contributed by atoms with Crippen LogP contribution in [0.15, 0.2) is 84.9 Å². The van der Waals surface area contributed by atoms with E-state index in [0.29, 0.717) is 17.7 Å². The molecule has 1 unspecified atom stereocenters. The van der Waals surface area contributed by atoms with Crippen molar-refractivity contribution in [3.63, 3.8) is 0 Å². The predicted molar refractivity (Wildman–Crippen MR) is 184 cm³/mol. The summed E-state index contributed by atoms with van der Waals surface area (Å²) < 4.78 is 0. The van der Waals surface area contributed by atoms with Gasteiger partial charge in [-0.05, 0) is 87.5 Å². The van der Waals surface area contributed by atoms with Crippen molar-refractivity contribution in [3.8, 4) is 11.3 Å². The molecule has 1 N–H and O–H groups in total. The fourth-order valence-corrected chi connectivity index (χ4v) is 6.94. The maximum absolute atomic E-state index is 14.1. The number of benzene rings is 3. The number of likely N-dealkylation sites (tertiary alicyclic amines) is 1. The molecular formula is C38H45N3O2S. The van der Waals surface area contributed by atoms with E-state index in [0.717, 1.165) is 66.6 Å². The molecule has 1 amide bonds. The molecule has 6 heteroatoms. The van der Waals surface area contributed by atoms with E-state index in [9.17, 15) is 9.59 Å². The molecule has 1 fully saturated rings. The molecule has 1 aliphatic rings. The summed E-state index contributed by atoms with van der Waals surface area (Å²) in [6.07, 6.45) is 8.07. The smallest absolute Gasteiger partial charge is 0.252 e. The van der Waals surface area contributed by atoms with E-state index < -0.39 is 6.04 Å². The van der Waals surface area contributed by atoms with Gasteiger partial charge >= 0.3 is 0 Å². The van der Waals surface area contributed by atoms with Gasteiger partial charge in [-0.1, -0.05) is 80.1 Å². The number of carbonyl (C=O) groups is 2. The van der Waals surface area contributed by atoms with E-state index in [1.165, 1.54) is 37.1 Å². The molecule has 230 valence electrons. The Bertz CT molecular complexity index is 1500. The zero-order chi connectivity index (χ0) is 30.6. The standard InChI is InChI=1S/C38H45N3O2S/c1-2-3-14-29-20-21-34-32(25-29)33(26-35(39-34)31-17-8-5-9-18-31)38(43)40-36(28-44-27-30-15-6-4-7-16-30)37(42)19-10-11-22-41-23-12-13-24-41/h4-9,15-18,20-21,25-26,36H,2-3,10-14,19,22-24,27-28H2,1H3,(H,40,43). The van der Waals surface area contributed by atoms with Crippen LogP contribution in [-0.4, -0.2) is 53.0 Å². The molecule has 44 heavy (non-hydrogen) atoms. The topological polar surface area (TPSA) is 62.3 Å². The maximum Gasteiger partial charge on any atom is 0.252 e. The Morgan fingerprint density at radius 1 is 0.886 bits per heavy atom. The Balaban J connectivity index is 1.36. The Morgan fingerprint density at radius 2 is 1.64 bits per heavy atom. The van der Waals surface area contributed by atoms with Gasteiger partial charge in [0.2, 0.25) is 0 Å². The zero-order valence-electron chi connectivity index (χ0n) is 26.0. The van der Waals surface area contributed by atoms with Gasteiger partial charge in [0.05, 0.1) is 22.8 Å². The highest BCUT2D eigenvalue weighted by atomic mass is 32.2. The highest BCUT2D eigenvalue weighted by molar-refractivity contribution is 7.98. The zero-order valence-corrected chi connectivity index (χ0v) is 26.8. The summed E-state index contributed by atoms with van der Waals surface area (Å²) in [6, 6.07) is 27.9. The van der Waals surface area contributed by atoms with Gasteiger partial charge in [-0.25, -0.2) is 4.98 Å². The van der Waals surface area contributed by atoms with Gasteiger partial charge in [-0.3, -0.25) is 9.59 Å². The molecule has 0 bridgehead atoms. The van der Waals surface area contributed by atoms with Crippen LogP contribution in [0, 0.1) is 0 Å². The van der Waals surface area contributed by atoms with Crippen LogP contribution in [0.5, 0.6) is 0 Å². The number of rotatable bonds is 16. The summed E-state index contributed by atoms with van der Waals surface area (Å²) in [6.45, 7) is 5.59. The van der Waals surface area contributed by atoms with Crippen LogP contribution in [-0.2, 0) is 17.0 Å². The van der Waals surface area contributed by atoms with Crippen molar-refractivity contribution >= 4 is 34.4 Å². The van der Waals surface area contributed by atoms with E-state index in [1.54, 1.807) is 11.8 Å². The number of fused-ring (bicyclic) bond motifs is 1. The molecule has 0 radical (unpaired) electrons. The lowest BCUT2D eigenvalue weighted by atomic mass is 9.99. The van der Waals surface area contributed by atoms with E-state index in [-0.39, 0.29) is 11.7 Å². The number of hydrogen-bond acceptors (Lipinski definition) is 5. The number of aryl methyl sites for hydroxylation is 1. The third kappa shape index (κ3) is 9.02. The number of carbonyl (C=O) groups excluding carboxylic acids is 2. The maximum atomic E-state index is 14.1. The SMILES string of the molecule is CCCCc1ccc2nc(-c3ccccc3)cc(C(=O)NC(CSCc3ccccc3)C(=O)CCCCN3CCCC3)c2c1. The Hall–Kier alpha value is -3.48. The highest BCUT2D eigenvalue weighted by Crippen LogP contribution is 2.27. The number of nitrogens with one attached hydrogen (secondary N) is 1. The fraction of sp³-hybridized carbons (Fsp3) is 0.395. The average Bonchev–Trinajstić information content (AvgIpc) is 3.59. The molecule has 0 aliphatic carbocycles. The van der Waals surface area contributed by atoms with Crippen molar-refractivity contribution in [2.45, 2.75) is 70.1 Å². The lowest BCUT2D eigenvalue weighted by molar-refractivity contribution is -0.120. The molecule has 1 aliphatic heterocycles. The van der Waals surface area contributed by atoms with Crippen LogP contribution in [0.3, 0.4) is 0 Å². The number of unbranched alkanes of at least 4 members (excludes halogenated alkanes) is 2. The Kier molecular flexibility index (Phi) is 12.0. The number of thioether (sulfide) groups is 1. The van der Waals surface area contributed by atoms with Crippen LogP contribution in [0.4, 0.5) is 0 Å². The molecule has 0 saturated carbocycles. The van der Waals surface area contributed by atoms with Crippen LogP contribution < -0.4 is 5.32 Å². The first-order chi connectivity index (χ1) is 21.6. The van der Waals surface area contributed by atoms with Crippen molar-refractivity contribution in [1.82, 2.24) is 15.2 Å². The van der Waals surface area contributed by atoms with E-state index in [4.69, 9.17) is 4.98 Å². The van der Waals surface area contributed by atoms with Crippen molar-refractivity contribution in [2.75, 3.05) is 25.4 Å².